The molecule has 2 amide bonds. The Balaban J connectivity index is 1.75. The van der Waals surface area contributed by atoms with Crippen LogP contribution in [0.3, 0.4) is 0 Å². The second-order valence-electron chi connectivity index (χ2n) is 8.55. The zero-order valence-electron chi connectivity index (χ0n) is 20.3. The van der Waals surface area contributed by atoms with Gasteiger partial charge in [-0.25, -0.2) is 0 Å². The predicted octanol–water partition coefficient (Wildman–Crippen LogP) is 5.59. The summed E-state index contributed by atoms with van der Waals surface area (Å²) in [6.07, 6.45) is 1.74. The van der Waals surface area contributed by atoms with Crippen LogP contribution in [0.15, 0.2) is 60.3 Å². The van der Waals surface area contributed by atoms with Crippen molar-refractivity contribution in [3.8, 4) is 0 Å². The zero-order chi connectivity index (χ0) is 25.5. The molecule has 0 saturated carbocycles. The molecule has 1 atom stereocenters. The molecule has 3 aromatic rings. The summed E-state index contributed by atoms with van der Waals surface area (Å²) in [5, 5.41) is 15.9. The van der Waals surface area contributed by atoms with E-state index in [4.69, 9.17) is 11.6 Å². The first kappa shape index (κ1) is 26.5. The molecule has 2 N–H and O–H groups in total. The second kappa shape index (κ2) is 12.0. The number of benzene rings is 2. The number of nitrogens with one attached hydrogen (secondary N) is 2. The van der Waals surface area contributed by atoms with Gasteiger partial charge < -0.3 is 15.2 Å². The van der Waals surface area contributed by atoms with Crippen molar-refractivity contribution in [3.63, 3.8) is 0 Å². The maximum absolute atomic E-state index is 12.9. The number of nitrogens with zero attached hydrogens (tertiary/aromatic N) is 3. The lowest BCUT2D eigenvalue weighted by atomic mass is 10.0. The van der Waals surface area contributed by atoms with Gasteiger partial charge in [0.1, 0.15) is 0 Å². The second-order valence-corrected chi connectivity index (χ2v) is 9.90. The summed E-state index contributed by atoms with van der Waals surface area (Å²) >= 11 is 7.42. The molecule has 0 fully saturated rings. The number of carbonyl (C=O) groups excluding carboxylic acids is 2. The lowest BCUT2D eigenvalue weighted by Crippen LogP contribution is -2.33. The highest BCUT2D eigenvalue weighted by atomic mass is 35.5. The van der Waals surface area contributed by atoms with E-state index in [1.54, 1.807) is 30.3 Å². The molecular formula is C26H30ClN5O2S. The summed E-state index contributed by atoms with van der Waals surface area (Å²) in [7, 11) is 0. The van der Waals surface area contributed by atoms with Crippen LogP contribution in [0.25, 0.3) is 0 Å². The molecule has 0 radical (unpaired) electrons. The average molecular weight is 512 g/mol. The van der Waals surface area contributed by atoms with Crippen LogP contribution < -0.4 is 10.6 Å². The Morgan fingerprint density at radius 2 is 1.86 bits per heavy atom. The molecule has 7 nitrogen and oxygen atoms in total. The first-order valence-corrected chi connectivity index (χ1v) is 12.7. The number of halogens is 1. The Kier molecular flexibility index (Phi) is 9.12. The Labute approximate surface area is 215 Å². The first-order chi connectivity index (χ1) is 16.7. The highest BCUT2D eigenvalue weighted by Crippen LogP contribution is 2.27. The van der Waals surface area contributed by atoms with Crippen molar-refractivity contribution >= 4 is 40.9 Å². The van der Waals surface area contributed by atoms with E-state index in [1.807, 2.05) is 50.5 Å². The van der Waals surface area contributed by atoms with Crippen LogP contribution in [0.2, 0.25) is 5.02 Å². The third kappa shape index (κ3) is 6.74. The molecule has 0 spiro atoms. The van der Waals surface area contributed by atoms with Crippen molar-refractivity contribution in [1.82, 2.24) is 20.1 Å². The van der Waals surface area contributed by atoms with Crippen molar-refractivity contribution in [3.05, 3.63) is 82.7 Å². The lowest BCUT2D eigenvalue weighted by molar-refractivity contribution is -0.113. The van der Waals surface area contributed by atoms with E-state index >= 15 is 0 Å². The van der Waals surface area contributed by atoms with E-state index in [1.165, 1.54) is 11.8 Å². The van der Waals surface area contributed by atoms with Crippen LogP contribution in [-0.2, 0) is 11.3 Å². The van der Waals surface area contributed by atoms with E-state index in [0.717, 1.165) is 11.1 Å². The molecule has 0 unspecified atom stereocenters. The Bertz CT molecular complexity index is 1210. The number of hydrogen-bond acceptors (Lipinski definition) is 5. The minimum absolute atomic E-state index is 0.0594. The van der Waals surface area contributed by atoms with Crippen LogP contribution in [0, 0.1) is 19.8 Å². The molecule has 3 rings (SSSR count). The Morgan fingerprint density at radius 1 is 1.14 bits per heavy atom. The average Bonchev–Trinajstić information content (AvgIpc) is 3.21. The van der Waals surface area contributed by atoms with Gasteiger partial charge in [0.25, 0.3) is 5.91 Å². The quantitative estimate of drug-likeness (QED) is 0.273. The predicted molar refractivity (Wildman–Crippen MR) is 142 cm³/mol. The summed E-state index contributed by atoms with van der Waals surface area (Å²) in [5.74, 6) is 0.465. The van der Waals surface area contributed by atoms with Gasteiger partial charge in [-0.15, -0.1) is 16.8 Å². The monoisotopic (exact) mass is 511 g/mol. The summed E-state index contributed by atoms with van der Waals surface area (Å²) < 4.78 is 1.88. The summed E-state index contributed by atoms with van der Waals surface area (Å²) in [4.78, 5) is 25.5. The van der Waals surface area contributed by atoms with Crippen molar-refractivity contribution in [2.24, 2.45) is 5.92 Å². The first-order valence-electron chi connectivity index (χ1n) is 11.3. The van der Waals surface area contributed by atoms with Crippen molar-refractivity contribution in [1.29, 1.82) is 0 Å². The molecular weight excluding hydrogens is 482 g/mol. The molecule has 9 heteroatoms. The van der Waals surface area contributed by atoms with Crippen molar-refractivity contribution < 1.29 is 9.59 Å². The van der Waals surface area contributed by atoms with Crippen molar-refractivity contribution in [2.45, 2.75) is 45.4 Å². The number of carbonyl (C=O) groups is 2. The molecule has 0 aliphatic carbocycles. The Hall–Kier alpha value is -3.10. The van der Waals surface area contributed by atoms with E-state index in [-0.39, 0.29) is 29.5 Å². The van der Waals surface area contributed by atoms with Gasteiger partial charge in [0.15, 0.2) is 11.0 Å². The maximum Gasteiger partial charge on any atom is 0.251 e. The van der Waals surface area contributed by atoms with Gasteiger partial charge in [0, 0.05) is 22.8 Å². The minimum atomic E-state index is -0.367. The fourth-order valence-corrected chi connectivity index (χ4v) is 4.39. The number of rotatable bonds is 10. The summed E-state index contributed by atoms with van der Waals surface area (Å²) in [5.41, 5.74) is 3.16. The number of allylic oxidation sites excluding steroid dienone is 1. The van der Waals surface area contributed by atoms with Crippen LogP contribution >= 0.6 is 23.4 Å². The molecule has 0 aliphatic heterocycles. The standard InChI is InChI=1S/C26H30ClN5O2S/c1-6-14-32-24(23(16(2)3)29-25(34)19-12-10-17(4)11-13-19)30-31-26(32)35-15-22(33)28-21-9-7-8-20(27)18(21)5/h6-13,16,23H,1,14-15H2,2-5H3,(H,28,33)(H,29,34)/t23-/m0/s1. The molecule has 0 bridgehead atoms. The molecule has 2 aromatic carbocycles. The van der Waals surface area contributed by atoms with Crippen molar-refractivity contribution in [2.75, 3.05) is 11.1 Å². The van der Waals surface area contributed by atoms with Gasteiger partial charge in [-0.2, -0.15) is 0 Å². The SMILES string of the molecule is C=CCn1c(SCC(=O)Nc2cccc(Cl)c2C)nnc1[C@@H](NC(=O)c1ccc(C)cc1)C(C)C. The van der Waals surface area contributed by atoms with Crippen LogP contribution in [0.5, 0.6) is 0 Å². The van der Waals surface area contributed by atoms with Gasteiger partial charge >= 0.3 is 0 Å². The summed E-state index contributed by atoms with van der Waals surface area (Å²) in [6.45, 7) is 12.2. The zero-order valence-corrected chi connectivity index (χ0v) is 21.9. The Morgan fingerprint density at radius 3 is 2.51 bits per heavy atom. The van der Waals surface area contributed by atoms with Gasteiger partial charge in [-0.3, -0.25) is 9.59 Å². The van der Waals surface area contributed by atoms with E-state index in [2.05, 4.69) is 27.4 Å². The minimum Gasteiger partial charge on any atom is -0.342 e. The van der Waals surface area contributed by atoms with Crippen LogP contribution in [0.4, 0.5) is 5.69 Å². The fraction of sp³-hybridized carbons (Fsp3) is 0.308. The maximum atomic E-state index is 12.9. The van der Waals surface area contributed by atoms with E-state index in [9.17, 15) is 9.59 Å². The largest absolute Gasteiger partial charge is 0.342 e. The number of anilines is 1. The highest BCUT2D eigenvalue weighted by molar-refractivity contribution is 7.99. The lowest BCUT2D eigenvalue weighted by Gasteiger charge is -2.22. The molecule has 0 saturated heterocycles. The highest BCUT2D eigenvalue weighted by Gasteiger charge is 2.26. The number of aryl methyl sites for hydroxylation is 1. The van der Waals surface area contributed by atoms with E-state index in [0.29, 0.717) is 33.8 Å². The topological polar surface area (TPSA) is 88.9 Å². The van der Waals surface area contributed by atoms with E-state index < -0.39 is 0 Å². The van der Waals surface area contributed by atoms with Gasteiger partial charge in [-0.05, 0) is 49.6 Å². The third-order valence-corrected chi connectivity index (χ3v) is 6.85. The molecule has 0 aliphatic rings. The number of thioether (sulfide) groups is 1. The molecule has 1 heterocycles. The fourth-order valence-electron chi connectivity index (χ4n) is 3.46. The number of aromatic nitrogens is 3. The molecule has 1 aromatic heterocycles. The normalized spacial score (nSPS) is 11.8. The van der Waals surface area contributed by atoms with Gasteiger partial charge in [0.05, 0.1) is 11.8 Å². The molecule has 184 valence electrons. The molecule has 35 heavy (non-hydrogen) atoms. The van der Waals surface area contributed by atoms with Crippen LogP contribution in [0.1, 0.15) is 47.2 Å². The third-order valence-electron chi connectivity index (χ3n) is 5.48. The summed E-state index contributed by atoms with van der Waals surface area (Å²) in [6, 6.07) is 12.4. The number of amides is 2. The smallest absolute Gasteiger partial charge is 0.251 e. The van der Waals surface area contributed by atoms with Crippen LogP contribution in [-0.4, -0.2) is 32.3 Å². The number of hydrogen-bond donors (Lipinski definition) is 2. The van der Waals surface area contributed by atoms with Gasteiger partial charge in [-0.1, -0.05) is 67.0 Å². The van der Waals surface area contributed by atoms with Gasteiger partial charge in [0.2, 0.25) is 5.91 Å².